The molecule has 1 heterocycles. The lowest BCUT2D eigenvalue weighted by atomic mass is 10.2. The Labute approximate surface area is 125 Å². The lowest BCUT2D eigenvalue weighted by Gasteiger charge is -2.10. The van der Waals surface area contributed by atoms with Gasteiger partial charge >= 0.3 is 12.0 Å². The van der Waals surface area contributed by atoms with Gasteiger partial charge in [0.1, 0.15) is 6.33 Å². The number of hydrogen-bond donors (Lipinski definition) is 3. The summed E-state index contributed by atoms with van der Waals surface area (Å²) in [6.45, 7) is 0.192. The molecular weight excluding hydrogens is 296 g/mol. The third-order valence-electron chi connectivity index (χ3n) is 2.53. The predicted octanol–water partition coefficient (Wildman–Crippen LogP) is 2.15. The van der Waals surface area contributed by atoms with Gasteiger partial charge in [-0.2, -0.15) is 0 Å². The van der Waals surface area contributed by atoms with Gasteiger partial charge in [0.05, 0.1) is 23.5 Å². The molecule has 0 aliphatic carbocycles. The van der Waals surface area contributed by atoms with E-state index in [1.165, 1.54) is 24.5 Å². The molecule has 8 heteroatoms. The number of anilines is 1. The van der Waals surface area contributed by atoms with Gasteiger partial charge in [0.15, 0.2) is 0 Å². The van der Waals surface area contributed by atoms with E-state index >= 15 is 0 Å². The molecule has 7 nitrogen and oxygen atoms in total. The molecule has 0 saturated heterocycles. The van der Waals surface area contributed by atoms with E-state index in [9.17, 15) is 9.59 Å². The van der Waals surface area contributed by atoms with E-state index < -0.39 is 12.0 Å². The molecule has 0 aliphatic rings. The fraction of sp³-hybridized carbons (Fsp3) is 0.0769. The SMILES string of the molecule is O=C(NCc1ccncn1)Nc1cc(Cl)ccc1C(=O)O. The first-order valence-corrected chi connectivity index (χ1v) is 6.26. The van der Waals surface area contributed by atoms with Crippen molar-refractivity contribution in [2.75, 3.05) is 5.32 Å². The fourth-order valence-electron chi connectivity index (χ4n) is 1.57. The number of amides is 2. The molecule has 0 spiro atoms. The van der Waals surface area contributed by atoms with Gasteiger partial charge in [-0.05, 0) is 24.3 Å². The van der Waals surface area contributed by atoms with Crippen molar-refractivity contribution < 1.29 is 14.7 Å². The number of rotatable bonds is 4. The lowest BCUT2D eigenvalue weighted by Crippen LogP contribution is -2.29. The molecular formula is C13H11ClN4O3. The number of carbonyl (C=O) groups excluding carboxylic acids is 1. The highest BCUT2D eigenvalue weighted by Gasteiger charge is 2.12. The van der Waals surface area contributed by atoms with Crippen molar-refractivity contribution in [3.63, 3.8) is 0 Å². The van der Waals surface area contributed by atoms with Crippen LogP contribution in [0, 0.1) is 0 Å². The van der Waals surface area contributed by atoms with Crippen LogP contribution < -0.4 is 10.6 Å². The molecule has 0 atom stereocenters. The number of aromatic carboxylic acids is 1. The van der Waals surface area contributed by atoms with E-state index in [1.54, 1.807) is 12.3 Å². The van der Waals surface area contributed by atoms with Crippen LogP contribution in [0.25, 0.3) is 0 Å². The number of carbonyl (C=O) groups is 2. The first-order valence-electron chi connectivity index (χ1n) is 5.89. The average Bonchev–Trinajstić information content (AvgIpc) is 2.46. The van der Waals surface area contributed by atoms with Crippen LogP contribution in [0.3, 0.4) is 0 Å². The molecule has 108 valence electrons. The third kappa shape index (κ3) is 4.15. The molecule has 0 aliphatic heterocycles. The van der Waals surface area contributed by atoms with Gasteiger partial charge in [-0.15, -0.1) is 0 Å². The molecule has 1 aromatic heterocycles. The Morgan fingerprint density at radius 1 is 1.29 bits per heavy atom. The summed E-state index contributed by atoms with van der Waals surface area (Å²) in [4.78, 5) is 30.5. The van der Waals surface area contributed by atoms with E-state index in [2.05, 4.69) is 20.6 Å². The largest absolute Gasteiger partial charge is 0.478 e. The normalized spacial score (nSPS) is 9.95. The number of nitrogens with zero attached hydrogens (tertiary/aromatic N) is 2. The Hall–Kier alpha value is -2.67. The highest BCUT2D eigenvalue weighted by Crippen LogP contribution is 2.21. The smallest absolute Gasteiger partial charge is 0.337 e. The molecule has 2 amide bonds. The van der Waals surface area contributed by atoms with Crippen molar-refractivity contribution in [3.05, 3.63) is 53.1 Å². The van der Waals surface area contributed by atoms with Gasteiger partial charge in [0.2, 0.25) is 0 Å². The number of hydrogen-bond acceptors (Lipinski definition) is 4. The van der Waals surface area contributed by atoms with Gasteiger partial charge in [-0.25, -0.2) is 19.6 Å². The summed E-state index contributed by atoms with van der Waals surface area (Å²) in [5, 5.41) is 14.4. The maximum Gasteiger partial charge on any atom is 0.337 e. The number of halogens is 1. The highest BCUT2D eigenvalue weighted by atomic mass is 35.5. The Morgan fingerprint density at radius 3 is 2.76 bits per heavy atom. The number of benzene rings is 1. The van der Waals surface area contributed by atoms with Crippen LogP contribution in [0.4, 0.5) is 10.5 Å². The molecule has 0 bridgehead atoms. The molecule has 2 aromatic rings. The van der Waals surface area contributed by atoms with E-state index in [4.69, 9.17) is 16.7 Å². The molecule has 0 unspecified atom stereocenters. The van der Waals surface area contributed by atoms with Gasteiger partial charge < -0.3 is 15.7 Å². The third-order valence-corrected chi connectivity index (χ3v) is 2.77. The zero-order chi connectivity index (χ0) is 15.2. The fourth-order valence-corrected chi connectivity index (χ4v) is 1.74. The Bertz CT molecular complexity index is 664. The van der Waals surface area contributed by atoms with Gasteiger partial charge in [0, 0.05) is 11.2 Å². The monoisotopic (exact) mass is 306 g/mol. The van der Waals surface area contributed by atoms with Crippen LogP contribution in [0.1, 0.15) is 16.1 Å². The van der Waals surface area contributed by atoms with Crippen LogP contribution in [0.5, 0.6) is 0 Å². The van der Waals surface area contributed by atoms with Crippen molar-refractivity contribution in [2.24, 2.45) is 0 Å². The van der Waals surface area contributed by atoms with Crippen LogP contribution in [-0.4, -0.2) is 27.1 Å². The van der Waals surface area contributed by atoms with Crippen LogP contribution in [-0.2, 0) is 6.54 Å². The Morgan fingerprint density at radius 2 is 2.10 bits per heavy atom. The number of carboxylic acids is 1. The maximum atomic E-state index is 11.8. The number of urea groups is 1. The second kappa shape index (κ2) is 6.67. The van der Waals surface area contributed by atoms with E-state index in [0.717, 1.165) is 0 Å². The van der Waals surface area contributed by atoms with Crippen molar-refractivity contribution in [2.45, 2.75) is 6.54 Å². The van der Waals surface area contributed by atoms with Crippen molar-refractivity contribution in [1.82, 2.24) is 15.3 Å². The maximum absolute atomic E-state index is 11.8. The van der Waals surface area contributed by atoms with Crippen molar-refractivity contribution in [3.8, 4) is 0 Å². The Kier molecular flexibility index (Phi) is 4.68. The summed E-state index contributed by atoms with van der Waals surface area (Å²) in [5.74, 6) is -1.15. The minimum atomic E-state index is -1.15. The quantitative estimate of drug-likeness (QED) is 0.803. The highest BCUT2D eigenvalue weighted by molar-refractivity contribution is 6.31. The molecule has 2 rings (SSSR count). The van der Waals surface area contributed by atoms with Crippen LogP contribution >= 0.6 is 11.6 Å². The predicted molar refractivity (Wildman–Crippen MR) is 76.3 cm³/mol. The second-order valence-electron chi connectivity index (χ2n) is 4.00. The van der Waals surface area contributed by atoms with Gasteiger partial charge in [-0.1, -0.05) is 11.6 Å². The summed E-state index contributed by atoms with van der Waals surface area (Å²) >= 11 is 5.80. The minimum absolute atomic E-state index is 0.0448. The number of carboxylic acid groups (broad SMARTS) is 1. The Balaban J connectivity index is 2.02. The second-order valence-corrected chi connectivity index (χ2v) is 4.44. The van der Waals surface area contributed by atoms with E-state index in [-0.39, 0.29) is 17.8 Å². The first-order chi connectivity index (χ1) is 10.1. The molecule has 0 saturated carbocycles. The number of aromatic nitrogens is 2. The van der Waals surface area contributed by atoms with E-state index in [1.807, 2.05) is 0 Å². The minimum Gasteiger partial charge on any atom is -0.478 e. The summed E-state index contributed by atoms with van der Waals surface area (Å²) in [6.07, 6.45) is 2.93. The topological polar surface area (TPSA) is 104 Å². The first kappa shape index (κ1) is 14.7. The van der Waals surface area contributed by atoms with Crippen LogP contribution in [0.15, 0.2) is 36.8 Å². The lowest BCUT2D eigenvalue weighted by molar-refractivity contribution is 0.0698. The van der Waals surface area contributed by atoms with Crippen LogP contribution in [0.2, 0.25) is 5.02 Å². The zero-order valence-electron chi connectivity index (χ0n) is 10.7. The summed E-state index contributed by atoms with van der Waals surface area (Å²) in [7, 11) is 0. The average molecular weight is 307 g/mol. The molecule has 1 aromatic carbocycles. The summed E-state index contributed by atoms with van der Waals surface area (Å²) in [6, 6.07) is 5.23. The van der Waals surface area contributed by atoms with Crippen molar-refractivity contribution in [1.29, 1.82) is 0 Å². The zero-order valence-corrected chi connectivity index (χ0v) is 11.5. The molecule has 0 radical (unpaired) electrons. The van der Waals surface area contributed by atoms with Crippen molar-refractivity contribution >= 4 is 29.3 Å². The number of nitrogens with one attached hydrogen (secondary N) is 2. The van der Waals surface area contributed by atoms with Gasteiger partial charge in [-0.3, -0.25) is 0 Å². The summed E-state index contributed by atoms with van der Waals surface area (Å²) < 4.78 is 0. The standard InChI is InChI=1S/C13H11ClN4O3/c14-8-1-2-10(12(19)20)11(5-8)18-13(21)16-6-9-3-4-15-7-17-9/h1-5,7H,6H2,(H,19,20)(H2,16,18,21). The van der Waals surface area contributed by atoms with E-state index in [0.29, 0.717) is 10.7 Å². The van der Waals surface area contributed by atoms with Gasteiger partial charge in [0.25, 0.3) is 0 Å². The molecule has 3 N–H and O–H groups in total. The molecule has 21 heavy (non-hydrogen) atoms. The summed E-state index contributed by atoms with van der Waals surface area (Å²) in [5.41, 5.74) is 0.705. The molecule has 0 fully saturated rings.